The van der Waals surface area contributed by atoms with E-state index in [2.05, 4.69) is 10.3 Å². The number of pyridine rings is 1. The van der Waals surface area contributed by atoms with E-state index in [1.165, 1.54) is 0 Å². The van der Waals surface area contributed by atoms with Crippen LogP contribution in [0.1, 0.15) is 44.9 Å². The third-order valence-corrected chi connectivity index (χ3v) is 4.02. The average Bonchev–Trinajstić information content (AvgIpc) is 2.54. The Hall–Kier alpha value is -2.76. The number of benzene rings is 1. The van der Waals surface area contributed by atoms with Crippen LogP contribution in [0.3, 0.4) is 0 Å². The molecule has 2 aromatic rings. The van der Waals surface area contributed by atoms with Gasteiger partial charge in [0.25, 0.3) is 5.56 Å². The molecule has 0 aliphatic heterocycles. The molecule has 26 heavy (non-hydrogen) atoms. The van der Waals surface area contributed by atoms with Gasteiger partial charge in [0.1, 0.15) is 5.60 Å². The molecule has 4 N–H and O–H groups in total. The lowest BCUT2D eigenvalue weighted by Crippen LogP contribution is -2.34. The number of ether oxygens (including phenoxy) is 1. The maximum Gasteiger partial charge on any atom is 0.407 e. The molecule has 1 aromatic heterocycles. The first kappa shape index (κ1) is 19.6. The summed E-state index contributed by atoms with van der Waals surface area (Å²) >= 11 is 0. The molecule has 1 aromatic carbocycles. The summed E-state index contributed by atoms with van der Waals surface area (Å²) in [6.45, 7) is 9.73. The van der Waals surface area contributed by atoms with Crippen molar-refractivity contribution in [3.05, 3.63) is 51.9 Å². The number of nitrogen functional groups attached to an aromatic ring is 1. The summed E-state index contributed by atoms with van der Waals surface area (Å²) in [7, 11) is 0. The topological polar surface area (TPSA) is 97.2 Å². The van der Waals surface area contributed by atoms with Crippen molar-refractivity contribution < 1.29 is 9.53 Å². The van der Waals surface area contributed by atoms with Crippen molar-refractivity contribution in [2.45, 2.75) is 46.1 Å². The molecule has 0 bridgehead atoms. The zero-order chi connectivity index (χ0) is 19.5. The molecule has 6 nitrogen and oxygen atoms in total. The fourth-order valence-corrected chi connectivity index (χ4v) is 2.51. The number of rotatable bonds is 4. The average molecular weight is 357 g/mol. The molecule has 0 radical (unpaired) electrons. The summed E-state index contributed by atoms with van der Waals surface area (Å²) < 4.78 is 5.23. The highest BCUT2D eigenvalue weighted by Gasteiger charge is 2.17. The molecule has 6 heteroatoms. The number of amides is 1. The third-order valence-electron chi connectivity index (χ3n) is 4.02. The molecule has 0 fully saturated rings. The highest BCUT2D eigenvalue weighted by Crippen LogP contribution is 2.22. The van der Waals surface area contributed by atoms with Crippen molar-refractivity contribution in [3.8, 4) is 11.1 Å². The molecule has 0 aliphatic rings. The first-order chi connectivity index (χ1) is 12.1. The van der Waals surface area contributed by atoms with Crippen LogP contribution in [0.2, 0.25) is 0 Å². The Labute approximate surface area is 153 Å². The Bertz CT molecular complexity index is 833. The van der Waals surface area contributed by atoms with Crippen LogP contribution in [0.25, 0.3) is 11.1 Å². The van der Waals surface area contributed by atoms with Crippen LogP contribution in [-0.2, 0) is 4.74 Å². The molecule has 0 aliphatic carbocycles. The van der Waals surface area contributed by atoms with Gasteiger partial charge in [-0.1, -0.05) is 31.2 Å². The highest BCUT2D eigenvalue weighted by molar-refractivity contribution is 5.68. The van der Waals surface area contributed by atoms with Gasteiger partial charge in [-0.3, -0.25) is 4.79 Å². The number of alkyl carbamates (subject to hydrolysis) is 1. The second-order valence-electron chi connectivity index (χ2n) is 7.50. The van der Waals surface area contributed by atoms with E-state index in [-0.39, 0.29) is 11.5 Å². The maximum absolute atomic E-state index is 12.1. The number of nitrogens with two attached hydrogens (primary N) is 1. The number of carbonyl (C=O) groups is 1. The number of carbonyl (C=O) groups excluding carboxylic acids is 1. The van der Waals surface area contributed by atoms with Crippen LogP contribution < -0.4 is 16.6 Å². The van der Waals surface area contributed by atoms with Crippen LogP contribution in [0, 0.1) is 6.92 Å². The van der Waals surface area contributed by atoms with Crippen molar-refractivity contribution >= 4 is 11.8 Å². The molecule has 0 saturated carbocycles. The van der Waals surface area contributed by atoms with E-state index in [0.717, 1.165) is 11.1 Å². The molecule has 1 unspecified atom stereocenters. The first-order valence-corrected chi connectivity index (χ1v) is 8.63. The molecule has 1 amide bonds. The van der Waals surface area contributed by atoms with E-state index in [1.807, 2.05) is 52.0 Å². The number of aryl methyl sites for hydroxylation is 1. The molecule has 0 saturated heterocycles. The summed E-state index contributed by atoms with van der Waals surface area (Å²) in [5.41, 5.74) is 8.83. The number of aromatic nitrogens is 1. The van der Waals surface area contributed by atoms with Crippen molar-refractivity contribution in [3.63, 3.8) is 0 Å². The van der Waals surface area contributed by atoms with Crippen LogP contribution in [0.5, 0.6) is 0 Å². The summed E-state index contributed by atoms with van der Waals surface area (Å²) in [6.07, 6.45) is -0.428. The minimum atomic E-state index is -0.516. The molecule has 0 spiro atoms. The fourth-order valence-electron chi connectivity index (χ4n) is 2.51. The van der Waals surface area contributed by atoms with Gasteiger partial charge in [-0.15, -0.1) is 0 Å². The quantitative estimate of drug-likeness (QED) is 0.779. The normalized spacial score (nSPS) is 12.5. The first-order valence-electron chi connectivity index (χ1n) is 8.63. The summed E-state index contributed by atoms with van der Waals surface area (Å²) in [6, 6.07) is 9.37. The van der Waals surface area contributed by atoms with E-state index < -0.39 is 11.7 Å². The second kappa shape index (κ2) is 7.64. The zero-order valence-corrected chi connectivity index (χ0v) is 16.0. The maximum atomic E-state index is 12.1. The van der Waals surface area contributed by atoms with Crippen LogP contribution >= 0.6 is 0 Å². The van der Waals surface area contributed by atoms with Crippen LogP contribution in [-0.4, -0.2) is 23.2 Å². The molecule has 2 rings (SSSR count). The summed E-state index contributed by atoms with van der Waals surface area (Å²) in [5.74, 6) is 0.109. The van der Waals surface area contributed by atoms with E-state index in [0.29, 0.717) is 23.5 Å². The van der Waals surface area contributed by atoms with Crippen molar-refractivity contribution in [2.75, 3.05) is 12.3 Å². The van der Waals surface area contributed by atoms with Gasteiger partial charge in [0.15, 0.2) is 0 Å². The fraction of sp³-hybridized carbons (Fsp3) is 0.400. The molecular formula is C20H27N3O3. The van der Waals surface area contributed by atoms with E-state index in [9.17, 15) is 9.59 Å². The largest absolute Gasteiger partial charge is 0.444 e. The van der Waals surface area contributed by atoms with Gasteiger partial charge in [0.05, 0.1) is 5.69 Å². The number of hydrogen-bond acceptors (Lipinski definition) is 4. The molecule has 140 valence electrons. The Morgan fingerprint density at radius 1 is 1.27 bits per heavy atom. The molecular weight excluding hydrogens is 330 g/mol. The predicted molar refractivity (Wildman–Crippen MR) is 104 cm³/mol. The van der Waals surface area contributed by atoms with Gasteiger partial charge >= 0.3 is 6.09 Å². The van der Waals surface area contributed by atoms with Crippen LogP contribution in [0.15, 0.2) is 35.1 Å². The van der Waals surface area contributed by atoms with Crippen LogP contribution in [0.4, 0.5) is 10.5 Å². The summed E-state index contributed by atoms with van der Waals surface area (Å²) in [4.78, 5) is 26.6. The lowest BCUT2D eigenvalue weighted by atomic mass is 9.97. The van der Waals surface area contributed by atoms with Gasteiger partial charge in [-0.2, -0.15) is 0 Å². The molecule has 1 atom stereocenters. The number of H-pyrrole nitrogens is 1. The lowest BCUT2D eigenvalue weighted by Gasteiger charge is -2.21. The van der Waals surface area contributed by atoms with E-state index in [1.54, 1.807) is 13.0 Å². The number of nitrogens with one attached hydrogen (secondary N) is 2. The third kappa shape index (κ3) is 5.12. The summed E-state index contributed by atoms with van der Waals surface area (Å²) in [5, 5.41) is 2.77. The monoisotopic (exact) mass is 357 g/mol. The Morgan fingerprint density at radius 3 is 2.46 bits per heavy atom. The predicted octanol–water partition coefficient (Wildman–Crippen LogP) is 3.56. The van der Waals surface area contributed by atoms with Crippen molar-refractivity contribution in [2.24, 2.45) is 0 Å². The Kier molecular flexibility index (Phi) is 5.75. The van der Waals surface area contributed by atoms with Crippen molar-refractivity contribution in [1.29, 1.82) is 0 Å². The number of aromatic amines is 1. The van der Waals surface area contributed by atoms with Gasteiger partial charge in [-0.25, -0.2) is 4.79 Å². The van der Waals surface area contributed by atoms with Gasteiger partial charge in [0, 0.05) is 17.8 Å². The van der Waals surface area contributed by atoms with E-state index >= 15 is 0 Å². The lowest BCUT2D eigenvalue weighted by molar-refractivity contribution is 0.0525. The van der Waals surface area contributed by atoms with Gasteiger partial charge in [-0.05, 0) is 50.8 Å². The smallest absolute Gasteiger partial charge is 0.407 e. The van der Waals surface area contributed by atoms with Gasteiger partial charge in [0.2, 0.25) is 0 Å². The Balaban J connectivity index is 2.06. The zero-order valence-electron chi connectivity index (χ0n) is 16.0. The second-order valence-corrected chi connectivity index (χ2v) is 7.50. The number of anilines is 1. The minimum absolute atomic E-state index is 0.109. The number of hydrogen-bond donors (Lipinski definition) is 3. The Morgan fingerprint density at radius 2 is 1.88 bits per heavy atom. The standard InChI is InChI=1S/C20H27N3O3/c1-12(11-22-19(25)26-20(3,4)5)14-6-8-15(9-7-14)16-10-17(21)13(2)23-18(16)24/h6-10,12H,11,21H2,1-5H3,(H,22,25)(H,23,24). The van der Waals surface area contributed by atoms with Gasteiger partial charge < -0.3 is 20.8 Å². The highest BCUT2D eigenvalue weighted by atomic mass is 16.6. The van der Waals surface area contributed by atoms with Crippen molar-refractivity contribution in [1.82, 2.24) is 10.3 Å². The molecule has 1 heterocycles. The van der Waals surface area contributed by atoms with E-state index in [4.69, 9.17) is 10.5 Å². The SMILES string of the molecule is Cc1[nH]c(=O)c(-c2ccc(C(C)CNC(=O)OC(C)(C)C)cc2)cc1N. The minimum Gasteiger partial charge on any atom is -0.444 e.